The Kier molecular flexibility index (Phi) is 7.43. The molecule has 0 aliphatic rings. The standard InChI is InChI=1S/C18H18F3N3O4S/c1-4-28-16(26)14-12(7-8-25)23-17(29-3)24-15(14)22-10-5-6-13(27-2)11(9-10)18(19,20)21/h5-6,8-9H,4,7H2,1-3H3,(H,22,23,24). The highest BCUT2D eigenvalue weighted by molar-refractivity contribution is 7.98. The van der Waals surface area contributed by atoms with E-state index in [1.165, 1.54) is 6.07 Å². The third kappa shape index (κ3) is 5.37. The number of nitrogens with zero attached hydrogens (tertiary/aromatic N) is 2. The van der Waals surface area contributed by atoms with Crippen LogP contribution >= 0.6 is 11.8 Å². The minimum absolute atomic E-state index is 0.0199. The topological polar surface area (TPSA) is 90.4 Å². The van der Waals surface area contributed by atoms with Crippen LogP contribution in [0.25, 0.3) is 0 Å². The highest BCUT2D eigenvalue weighted by Crippen LogP contribution is 2.38. The predicted molar refractivity (Wildman–Crippen MR) is 101 cm³/mol. The molecular formula is C18H18F3N3O4S. The maximum absolute atomic E-state index is 13.3. The van der Waals surface area contributed by atoms with Crippen LogP contribution in [0.2, 0.25) is 0 Å². The van der Waals surface area contributed by atoms with E-state index in [1.54, 1.807) is 13.2 Å². The number of hydrogen-bond donors (Lipinski definition) is 1. The molecule has 0 bridgehead atoms. The number of ether oxygens (including phenoxy) is 2. The summed E-state index contributed by atoms with van der Waals surface area (Å²) in [6, 6.07) is 3.34. The van der Waals surface area contributed by atoms with Crippen molar-refractivity contribution in [1.82, 2.24) is 9.97 Å². The minimum Gasteiger partial charge on any atom is -0.496 e. The van der Waals surface area contributed by atoms with Crippen LogP contribution in [0.5, 0.6) is 5.75 Å². The van der Waals surface area contributed by atoms with E-state index >= 15 is 0 Å². The van der Waals surface area contributed by atoms with E-state index in [2.05, 4.69) is 15.3 Å². The molecule has 7 nitrogen and oxygen atoms in total. The largest absolute Gasteiger partial charge is 0.496 e. The van der Waals surface area contributed by atoms with Gasteiger partial charge in [-0.2, -0.15) is 13.2 Å². The molecule has 1 heterocycles. The van der Waals surface area contributed by atoms with Crippen LogP contribution < -0.4 is 10.1 Å². The first-order valence-electron chi connectivity index (χ1n) is 8.33. The molecule has 11 heteroatoms. The molecule has 0 amide bonds. The minimum atomic E-state index is -4.65. The van der Waals surface area contributed by atoms with E-state index in [0.717, 1.165) is 31.0 Å². The first-order chi connectivity index (χ1) is 13.7. The number of nitrogens with one attached hydrogen (secondary N) is 1. The van der Waals surface area contributed by atoms with Gasteiger partial charge in [0.15, 0.2) is 5.16 Å². The molecule has 0 atom stereocenters. The van der Waals surface area contributed by atoms with Gasteiger partial charge in [0.25, 0.3) is 0 Å². The number of halogens is 3. The number of thioether (sulfide) groups is 1. The van der Waals surface area contributed by atoms with Gasteiger partial charge < -0.3 is 19.6 Å². The van der Waals surface area contributed by atoms with E-state index in [-0.39, 0.29) is 46.7 Å². The second-order valence-electron chi connectivity index (χ2n) is 5.51. The lowest BCUT2D eigenvalue weighted by Crippen LogP contribution is -2.16. The summed E-state index contributed by atoms with van der Waals surface area (Å²) in [5.41, 5.74) is -0.965. The van der Waals surface area contributed by atoms with Crippen molar-refractivity contribution in [3.63, 3.8) is 0 Å². The highest BCUT2D eigenvalue weighted by atomic mass is 32.2. The Bertz CT molecular complexity index is 907. The fourth-order valence-corrected chi connectivity index (χ4v) is 2.84. The molecule has 0 saturated carbocycles. The zero-order valence-corrected chi connectivity index (χ0v) is 16.6. The number of anilines is 2. The van der Waals surface area contributed by atoms with Crippen molar-refractivity contribution in [3.8, 4) is 5.75 Å². The number of hydrogen-bond acceptors (Lipinski definition) is 8. The van der Waals surface area contributed by atoms with Crippen LogP contribution in [0, 0.1) is 0 Å². The van der Waals surface area contributed by atoms with E-state index in [4.69, 9.17) is 9.47 Å². The molecule has 2 rings (SSSR count). The molecule has 29 heavy (non-hydrogen) atoms. The Balaban J connectivity index is 2.60. The first kappa shape index (κ1) is 22.5. The molecule has 0 fully saturated rings. The number of methoxy groups -OCH3 is 1. The molecule has 0 spiro atoms. The van der Waals surface area contributed by atoms with Crippen LogP contribution in [-0.4, -0.2) is 42.2 Å². The van der Waals surface area contributed by atoms with Crippen LogP contribution in [0.1, 0.15) is 28.5 Å². The van der Waals surface area contributed by atoms with Crippen molar-refractivity contribution in [2.45, 2.75) is 24.7 Å². The van der Waals surface area contributed by atoms with Gasteiger partial charge in [0.05, 0.1) is 25.0 Å². The van der Waals surface area contributed by atoms with E-state index in [9.17, 15) is 22.8 Å². The molecule has 1 N–H and O–H groups in total. The Morgan fingerprint density at radius 2 is 2.03 bits per heavy atom. The number of aromatic nitrogens is 2. The predicted octanol–water partition coefficient (Wildman–Crippen LogP) is 3.89. The summed E-state index contributed by atoms with van der Waals surface area (Å²) in [4.78, 5) is 31.8. The van der Waals surface area contributed by atoms with Crippen molar-refractivity contribution in [2.24, 2.45) is 0 Å². The van der Waals surface area contributed by atoms with Crippen molar-refractivity contribution < 1.29 is 32.2 Å². The van der Waals surface area contributed by atoms with Gasteiger partial charge >= 0.3 is 12.1 Å². The molecule has 2 aromatic rings. The zero-order valence-electron chi connectivity index (χ0n) is 15.8. The Labute approximate surface area is 169 Å². The number of alkyl halides is 3. The lowest BCUT2D eigenvalue weighted by atomic mass is 10.1. The van der Waals surface area contributed by atoms with Gasteiger partial charge in [-0.25, -0.2) is 14.8 Å². The van der Waals surface area contributed by atoms with Crippen LogP contribution in [0.15, 0.2) is 23.4 Å². The molecule has 0 aliphatic heterocycles. The molecule has 1 aromatic heterocycles. The lowest BCUT2D eigenvalue weighted by Gasteiger charge is -2.17. The maximum Gasteiger partial charge on any atom is 0.420 e. The van der Waals surface area contributed by atoms with E-state index in [1.807, 2.05) is 0 Å². The summed E-state index contributed by atoms with van der Waals surface area (Å²) in [6.07, 6.45) is -2.59. The van der Waals surface area contributed by atoms with Gasteiger partial charge in [-0.05, 0) is 31.4 Å². The monoisotopic (exact) mass is 429 g/mol. The zero-order chi connectivity index (χ0) is 21.6. The normalized spacial score (nSPS) is 11.1. The summed E-state index contributed by atoms with van der Waals surface area (Å²) in [5, 5.41) is 2.95. The molecule has 1 aromatic carbocycles. The second kappa shape index (κ2) is 9.59. The molecule has 0 radical (unpaired) electrons. The van der Waals surface area contributed by atoms with Crippen LogP contribution in [0.3, 0.4) is 0 Å². The molecule has 0 aliphatic carbocycles. The molecule has 156 valence electrons. The van der Waals surface area contributed by atoms with Crippen LogP contribution in [0.4, 0.5) is 24.7 Å². The highest BCUT2D eigenvalue weighted by Gasteiger charge is 2.34. The number of carbonyl (C=O) groups excluding carboxylic acids is 2. The van der Waals surface area contributed by atoms with Gasteiger partial charge in [-0.1, -0.05) is 11.8 Å². The average Bonchev–Trinajstić information content (AvgIpc) is 2.67. The van der Waals surface area contributed by atoms with Gasteiger partial charge in [-0.15, -0.1) is 0 Å². The third-order valence-corrected chi connectivity index (χ3v) is 4.22. The van der Waals surface area contributed by atoms with Crippen molar-refractivity contribution in [3.05, 3.63) is 35.0 Å². The number of rotatable bonds is 8. The molecule has 0 saturated heterocycles. The fourth-order valence-electron chi connectivity index (χ4n) is 2.45. The van der Waals surface area contributed by atoms with Crippen molar-refractivity contribution in [1.29, 1.82) is 0 Å². The summed E-state index contributed by atoms with van der Waals surface area (Å²) >= 11 is 1.15. The lowest BCUT2D eigenvalue weighted by molar-refractivity contribution is -0.138. The smallest absolute Gasteiger partial charge is 0.420 e. The number of carbonyl (C=O) groups is 2. The number of esters is 1. The third-order valence-electron chi connectivity index (χ3n) is 3.67. The van der Waals surface area contributed by atoms with Crippen LogP contribution in [-0.2, 0) is 22.1 Å². The Hall–Kier alpha value is -2.82. The van der Waals surface area contributed by atoms with Gasteiger partial charge in [0.2, 0.25) is 0 Å². The number of benzene rings is 1. The quantitative estimate of drug-likeness (QED) is 0.293. The van der Waals surface area contributed by atoms with Gasteiger partial charge in [0.1, 0.15) is 23.4 Å². The average molecular weight is 429 g/mol. The Morgan fingerprint density at radius 3 is 2.59 bits per heavy atom. The second-order valence-corrected chi connectivity index (χ2v) is 6.28. The first-order valence-corrected chi connectivity index (χ1v) is 9.55. The van der Waals surface area contributed by atoms with Crippen molar-refractivity contribution >= 4 is 35.5 Å². The molecule has 0 unspecified atom stereocenters. The van der Waals surface area contributed by atoms with E-state index < -0.39 is 17.7 Å². The maximum atomic E-state index is 13.3. The van der Waals surface area contributed by atoms with Gasteiger partial charge in [-0.3, -0.25) is 0 Å². The fraction of sp³-hybridized carbons (Fsp3) is 0.333. The summed E-state index contributed by atoms with van der Waals surface area (Å²) in [7, 11) is 1.14. The number of aldehydes is 1. The summed E-state index contributed by atoms with van der Waals surface area (Å²) < 4.78 is 49.7. The van der Waals surface area contributed by atoms with Crippen molar-refractivity contribution in [2.75, 3.05) is 25.3 Å². The Morgan fingerprint density at radius 1 is 1.31 bits per heavy atom. The van der Waals surface area contributed by atoms with Gasteiger partial charge in [0, 0.05) is 12.1 Å². The summed E-state index contributed by atoms with van der Waals surface area (Å²) in [6.45, 7) is 1.66. The summed E-state index contributed by atoms with van der Waals surface area (Å²) in [5.74, 6) is -1.19. The SMILES string of the molecule is CCOC(=O)c1c(CC=O)nc(SC)nc1Nc1ccc(OC)c(C(F)(F)F)c1. The van der Waals surface area contributed by atoms with E-state index in [0.29, 0.717) is 6.29 Å². The molecular weight excluding hydrogens is 411 g/mol.